The van der Waals surface area contributed by atoms with E-state index < -0.39 is 0 Å². The number of anilines is 1. The Morgan fingerprint density at radius 1 is 1.42 bits per heavy atom. The SMILES string of the molecule is Nc1csc2cc(I)cc(S)c12. The van der Waals surface area contributed by atoms with Crippen LogP contribution in [0.2, 0.25) is 0 Å². The fourth-order valence-electron chi connectivity index (χ4n) is 1.14. The average molecular weight is 307 g/mol. The summed E-state index contributed by atoms with van der Waals surface area (Å²) < 4.78 is 2.41. The number of halogens is 1. The van der Waals surface area contributed by atoms with Crippen molar-refractivity contribution >= 4 is 62.3 Å². The standard InChI is InChI=1S/C8H6INS2/c9-4-1-6(11)8-5(10)3-12-7(8)2-4/h1-3,11H,10H2. The zero-order valence-corrected chi connectivity index (χ0v) is 9.91. The molecule has 4 heteroatoms. The molecule has 0 radical (unpaired) electrons. The monoisotopic (exact) mass is 307 g/mol. The Kier molecular flexibility index (Phi) is 2.22. The lowest BCUT2D eigenvalue weighted by atomic mass is 10.2. The van der Waals surface area contributed by atoms with Gasteiger partial charge in [0.25, 0.3) is 0 Å². The minimum absolute atomic E-state index is 0.830. The summed E-state index contributed by atoms with van der Waals surface area (Å²) in [7, 11) is 0. The molecule has 0 aliphatic heterocycles. The third kappa shape index (κ3) is 1.31. The van der Waals surface area contributed by atoms with Gasteiger partial charge in [0.1, 0.15) is 0 Å². The number of thiophene rings is 1. The second-order valence-electron chi connectivity index (χ2n) is 2.49. The molecule has 1 aromatic heterocycles. The van der Waals surface area contributed by atoms with Gasteiger partial charge in [-0.2, -0.15) is 0 Å². The first-order valence-corrected chi connectivity index (χ1v) is 5.74. The average Bonchev–Trinajstić information content (AvgIpc) is 2.31. The van der Waals surface area contributed by atoms with Crippen LogP contribution < -0.4 is 5.73 Å². The Labute approximate surface area is 93.5 Å². The number of thiol groups is 1. The smallest absolute Gasteiger partial charge is 0.0514 e. The molecule has 0 unspecified atom stereocenters. The van der Waals surface area contributed by atoms with Crippen LogP contribution in [-0.4, -0.2) is 0 Å². The van der Waals surface area contributed by atoms with Crippen molar-refractivity contribution in [3.8, 4) is 0 Å². The van der Waals surface area contributed by atoms with Gasteiger partial charge in [-0.3, -0.25) is 0 Å². The highest BCUT2D eigenvalue weighted by atomic mass is 127. The van der Waals surface area contributed by atoms with E-state index in [1.165, 1.54) is 8.27 Å². The summed E-state index contributed by atoms with van der Waals surface area (Å²) in [5.41, 5.74) is 6.62. The van der Waals surface area contributed by atoms with Crippen molar-refractivity contribution in [1.82, 2.24) is 0 Å². The molecule has 0 saturated heterocycles. The van der Waals surface area contributed by atoms with Crippen molar-refractivity contribution in [2.45, 2.75) is 4.90 Å². The molecule has 0 fully saturated rings. The Morgan fingerprint density at radius 2 is 2.17 bits per heavy atom. The number of nitrogen functional groups attached to an aromatic ring is 1. The van der Waals surface area contributed by atoms with Crippen LogP contribution in [0.25, 0.3) is 10.1 Å². The third-order valence-corrected chi connectivity index (χ3v) is 3.57. The largest absolute Gasteiger partial charge is 0.398 e. The lowest BCUT2D eigenvalue weighted by Crippen LogP contribution is -1.82. The lowest BCUT2D eigenvalue weighted by Gasteiger charge is -1.97. The van der Waals surface area contributed by atoms with Gasteiger partial charge < -0.3 is 5.73 Å². The number of fused-ring (bicyclic) bond motifs is 1. The van der Waals surface area contributed by atoms with E-state index in [-0.39, 0.29) is 0 Å². The van der Waals surface area contributed by atoms with Crippen molar-refractivity contribution in [3.63, 3.8) is 0 Å². The van der Waals surface area contributed by atoms with E-state index in [4.69, 9.17) is 5.73 Å². The van der Waals surface area contributed by atoms with Crippen molar-refractivity contribution in [1.29, 1.82) is 0 Å². The van der Waals surface area contributed by atoms with Crippen LogP contribution in [0.1, 0.15) is 0 Å². The van der Waals surface area contributed by atoms with Crippen molar-refractivity contribution < 1.29 is 0 Å². The van der Waals surface area contributed by atoms with Gasteiger partial charge in [0.2, 0.25) is 0 Å². The number of hydrogen-bond donors (Lipinski definition) is 2. The quantitative estimate of drug-likeness (QED) is 0.566. The van der Waals surface area contributed by atoms with Crippen LogP contribution in [0.4, 0.5) is 5.69 Å². The summed E-state index contributed by atoms with van der Waals surface area (Å²) in [5, 5.41) is 3.05. The van der Waals surface area contributed by atoms with Gasteiger partial charge in [0.15, 0.2) is 0 Å². The summed E-state index contributed by atoms with van der Waals surface area (Å²) >= 11 is 8.32. The van der Waals surface area contributed by atoms with Gasteiger partial charge >= 0.3 is 0 Å². The topological polar surface area (TPSA) is 26.0 Å². The number of benzene rings is 1. The maximum atomic E-state index is 5.79. The van der Waals surface area contributed by atoms with E-state index in [1.807, 2.05) is 11.4 Å². The molecule has 0 atom stereocenters. The highest BCUT2D eigenvalue weighted by Crippen LogP contribution is 2.34. The molecule has 0 aliphatic carbocycles. The van der Waals surface area contributed by atoms with Gasteiger partial charge in [-0.1, -0.05) is 0 Å². The number of rotatable bonds is 0. The number of nitrogens with two attached hydrogens (primary N) is 1. The van der Waals surface area contributed by atoms with E-state index in [0.29, 0.717) is 0 Å². The van der Waals surface area contributed by atoms with E-state index in [2.05, 4.69) is 41.3 Å². The Hall–Kier alpha value is 0.0600. The first-order valence-electron chi connectivity index (χ1n) is 3.33. The second-order valence-corrected chi connectivity index (χ2v) is 5.13. The fraction of sp³-hybridized carbons (Fsp3) is 0. The first-order chi connectivity index (χ1) is 5.68. The van der Waals surface area contributed by atoms with Crippen LogP contribution in [0.5, 0.6) is 0 Å². The van der Waals surface area contributed by atoms with Crippen LogP contribution in [-0.2, 0) is 0 Å². The minimum Gasteiger partial charge on any atom is -0.398 e. The Bertz CT molecular complexity index is 436. The molecule has 12 heavy (non-hydrogen) atoms. The molecule has 2 rings (SSSR count). The summed E-state index contributed by atoms with van der Waals surface area (Å²) in [6.07, 6.45) is 0. The molecule has 1 heterocycles. The minimum atomic E-state index is 0.830. The number of hydrogen-bond acceptors (Lipinski definition) is 3. The van der Waals surface area contributed by atoms with E-state index >= 15 is 0 Å². The molecule has 1 nitrogen and oxygen atoms in total. The van der Waals surface area contributed by atoms with Gasteiger partial charge in [-0.25, -0.2) is 0 Å². The van der Waals surface area contributed by atoms with Gasteiger partial charge in [0.05, 0.1) is 5.69 Å². The molecular formula is C8H6INS2. The van der Waals surface area contributed by atoms with E-state index in [9.17, 15) is 0 Å². The van der Waals surface area contributed by atoms with E-state index in [1.54, 1.807) is 11.3 Å². The van der Waals surface area contributed by atoms with Gasteiger partial charge in [0, 0.05) is 23.9 Å². The zero-order chi connectivity index (χ0) is 8.72. The first kappa shape index (κ1) is 8.65. The van der Waals surface area contributed by atoms with E-state index in [0.717, 1.165) is 16.0 Å². The molecule has 2 N–H and O–H groups in total. The molecule has 0 spiro atoms. The predicted octanol–water partition coefficient (Wildman–Crippen LogP) is 3.38. The Balaban J connectivity index is 2.93. The van der Waals surface area contributed by atoms with Crippen LogP contribution >= 0.6 is 46.6 Å². The van der Waals surface area contributed by atoms with Crippen LogP contribution in [0.3, 0.4) is 0 Å². The highest BCUT2D eigenvalue weighted by Gasteiger charge is 2.04. The molecule has 62 valence electrons. The molecule has 0 amide bonds. The van der Waals surface area contributed by atoms with Gasteiger partial charge in [-0.05, 0) is 34.7 Å². The Morgan fingerprint density at radius 3 is 2.92 bits per heavy atom. The van der Waals surface area contributed by atoms with Crippen LogP contribution in [0, 0.1) is 3.57 Å². The van der Waals surface area contributed by atoms with Gasteiger partial charge in [-0.15, -0.1) is 24.0 Å². The summed E-state index contributed by atoms with van der Waals surface area (Å²) in [5.74, 6) is 0. The molecule has 0 aliphatic rings. The van der Waals surface area contributed by atoms with Crippen LogP contribution in [0.15, 0.2) is 22.4 Å². The maximum Gasteiger partial charge on any atom is 0.0514 e. The summed E-state index contributed by atoms with van der Waals surface area (Å²) in [6, 6.07) is 4.14. The van der Waals surface area contributed by atoms with Crippen molar-refractivity contribution in [3.05, 3.63) is 21.1 Å². The molecule has 0 bridgehead atoms. The molecular weight excluding hydrogens is 301 g/mol. The third-order valence-electron chi connectivity index (χ3n) is 1.65. The molecule has 2 aromatic rings. The lowest BCUT2D eigenvalue weighted by molar-refractivity contribution is 1.55. The zero-order valence-electron chi connectivity index (χ0n) is 6.04. The second kappa shape index (κ2) is 3.08. The normalized spacial score (nSPS) is 10.8. The summed E-state index contributed by atoms with van der Waals surface area (Å²) in [4.78, 5) is 0.968. The van der Waals surface area contributed by atoms with Crippen molar-refractivity contribution in [2.75, 3.05) is 5.73 Å². The molecule has 0 saturated carbocycles. The maximum absolute atomic E-state index is 5.79. The highest BCUT2D eigenvalue weighted by molar-refractivity contribution is 14.1. The predicted molar refractivity (Wildman–Crippen MR) is 66.2 cm³/mol. The molecule has 1 aromatic carbocycles. The fourth-order valence-corrected chi connectivity index (χ4v) is 3.59. The summed E-state index contributed by atoms with van der Waals surface area (Å²) in [6.45, 7) is 0. The van der Waals surface area contributed by atoms with Crippen molar-refractivity contribution in [2.24, 2.45) is 0 Å².